The van der Waals surface area contributed by atoms with Crippen LogP contribution in [0.3, 0.4) is 0 Å². The molecule has 1 aliphatic heterocycles. The summed E-state index contributed by atoms with van der Waals surface area (Å²) in [6, 6.07) is 0. The van der Waals surface area contributed by atoms with E-state index in [1.54, 1.807) is 0 Å². The van der Waals surface area contributed by atoms with Crippen molar-refractivity contribution in [2.45, 2.75) is 45.8 Å². The molecule has 4 heteroatoms. The Balaban J connectivity index is 2.34. The number of rotatable bonds is 4. The standard InChI is InChI=1S/C12H23NO3/c1-5-15-11(14)6-7-13-8-10(2)16-12(3,4)9-13/h10H,5-9H2,1-4H3. The van der Waals surface area contributed by atoms with Crippen LogP contribution in [0, 0.1) is 0 Å². The number of carbonyl (C=O) groups is 1. The molecule has 1 heterocycles. The first-order valence-electron chi connectivity index (χ1n) is 5.99. The van der Waals surface area contributed by atoms with Crippen LogP contribution in [0.25, 0.3) is 0 Å². The zero-order valence-corrected chi connectivity index (χ0v) is 10.8. The van der Waals surface area contributed by atoms with E-state index in [0.717, 1.165) is 19.6 Å². The van der Waals surface area contributed by atoms with Crippen LogP contribution >= 0.6 is 0 Å². The molecule has 4 nitrogen and oxygen atoms in total. The number of ether oxygens (including phenoxy) is 2. The van der Waals surface area contributed by atoms with Gasteiger partial charge in [-0.3, -0.25) is 9.69 Å². The molecule has 0 aromatic heterocycles. The minimum Gasteiger partial charge on any atom is -0.466 e. The normalized spacial score (nSPS) is 25.4. The maximum Gasteiger partial charge on any atom is 0.307 e. The fraction of sp³-hybridized carbons (Fsp3) is 0.917. The van der Waals surface area contributed by atoms with Gasteiger partial charge in [0.2, 0.25) is 0 Å². The number of nitrogens with zero attached hydrogens (tertiary/aromatic N) is 1. The third-order valence-electron chi connectivity index (χ3n) is 2.58. The van der Waals surface area contributed by atoms with Gasteiger partial charge in [-0.2, -0.15) is 0 Å². The van der Waals surface area contributed by atoms with Gasteiger partial charge in [0.1, 0.15) is 0 Å². The molecule has 0 bridgehead atoms. The van der Waals surface area contributed by atoms with Gasteiger partial charge in [-0.15, -0.1) is 0 Å². The lowest BCUT2D eigenvalue weighted by molar-refractivity contribution is -0.147. The van der Waals surface area contributed by atoms with Gasteiger partial charge < -0.3 is 9.47 Å². The minimum absolute atomic E-state index is 0.112. The maximum atomic E-state index is 11.2. The Labute approximate surface area is 97.9 Å². The maximum absolute atomic E-state index is 11.2. The summed E-state index contributed by atoms with van der Waals surface area (Å²) < 4.78 is 10.7. The first-order chi connectivity index (χ1) is 7.43. The van der Waals surface area contributed by atoms with Crippen molar-refractivity contribution in [3.63, 3.8) is 0 Å². The van der Waals surface area contributed by atoms with Crippen molar-refractivity contribution < 1.29 is 14.3 Å². The number of hydrogen-bond acceptors (Lipinski definition) is 4. The molecular weight excluding hydrogens is 206 g/mol. The highest BCUT2D eigenvalue weighted by atomic mass is 16.5. The van der Waals surface area contributed by atoms with Gasteiger partial charge in [-0.05, 0) is 27.7 Å². The van der Waals surface area contributed by atoms with Crippen LogP contribution < -0.4 is 0 Å². The van der Waals surface area contributed by atoms with E-state index in [1.807, 2.05) is 6.92 Å². The third kappa shape index (κ3) is 4.49. The summed E-state index contributed by atoms with van der Waals surface area (Å²) in [7, 11) is 0. The van der Waals surface area contributed by atoms with Gasteiger partial charge in [0.25, 0.3) is 0 Å². The van der Waals surface area contributed by atoms with Crippen molar-refractivity contribution in [1.82, 2.24) is 4.90 Å². The molecule has 94 valence electrons. The quantitative estimate of drug-likeness (QED) is 0.684. The first-order valence-corrected chi connectivity index (χ1v) is 5.99. The van der Waals surface area contributed by atoms with E-state index in [2.05, 4.69) is 25.7 Å². The molecule has 1 saturated heterocycles. The Hall–Kier alpha value is -0.610. The fourth-order valence-corrected chi connectivity index (χ4v) is 2.24. The average Bonchev–Trinajstić information content (AvgIpc) is 2.12. The molecule has 0 N–H and O–H groups in total. The van der Waals surface area contributed by atoms with Crippen molar-refractivity contribution in [3.05, 3.63) is 0 Å². The minimum atomic E-state index is -0.119. The predicted octanol–water partition coefficient (Wildman–Crippen LogP) is 1.44. The van der Waals surface area contributed by atoms with Crippen LogP contribution in [0.2, 0.25) is 0 Å². The van der Waals surface area contributed by atoms with E-state index in [0.29, 0.717) is 13.0 Å². The Bertz CT molecular complexity index is 240. The van der Waals surface area contributed by atoms with Crippen molar-refractivity contribution in [2.75, 3.05) is 26.2 Å². The topological polar surface area (TPSA) is 38.8 Å². The molecule has 0 saturated carbocycles. The van der Waals surface area contributed by atoms with Crippen LogP contribution in [-0.2, 0) is 14.3 Å². The van der Waals surface area contributed by atoms with Crippen LogP contribution in [0.1, 0.15) is 34.1 Å². The molecule has 1 fully saturated rings. The van der Waals surface area contributed by atoms with E-state index in [-0.39, 0.29) is 17.7 Å². The molecule has 0 amide bonds. The Morgan fingerprint density at radius 2 is 2.25 bits per heavy atom. The lowest BCUT2D eigenvalue weighted by Gasteiger charge is -2.41. The lowest BCUT2D eigenvalue weighted by atomic mass is 10.1. The molecule has 1 rings (SSSR count). The van der Waals surface area contributed by atoms with Crippen LogP contribution in [0.5, 0.6) is 0 Å². The fourth-order valence-electron chi connectivity index (χ4n) is 2.24. The number of esters is 1. The summed E-state index contributed by atoms with van der Waals surface area (Å²) in [5.41, 5.74) is -0.119. The summed E-state index contributed by atoms with van der Waals surface area (Å²) >= 11 is 0. The highest BCUT2D eigenvalue weighted by Crippen LogP contribution is 2.20. The van der Waals surface area contributed by atoms with Gasteiger partial charge >= 0.3 is 5.97 Å². The summed E-state index contributed by atoms with van der Waals surface area (Å²) in [5, 5.41) is 0. The van der Waals surface area contributed by atoms with Gasteiger partial charge in [-0.25, -0.2) is 0 Å². The molecule has 0 aromatic carbocycles. The average molecular weight is 229 g/mol. The Morgan fingerprint density at radius 1 is 1.56 bits per heavy atom. The van der Waals surface area contributed by atoms with Crippen molar-refractivity contribution in [1.29, 1.82) is 0 Å². The molecule has 1 atom stereocenters. The van der Waals surface area contributed by atoms with E-state index < -0.39 is 0 Å². The second-order valence-electron chi connectivity index (χ2n) is 4.98. The predicted molar refractivity (Wildman–Crippen MR) is 62.3 cm³/mol. The molecular formula is C12H23NO3. The number of morpholine rings is 1. The highest BCUT2D eigenvalue weighted by Gasteiger charge is 2.31. The summed E-state index contributed by atoms with van der Waals surface area (Å²) in [5.74, 6) is -0.112. The molecule has 0 aliphatic carbocycles. The SMILES string of the molecule is CCOC(=O)CCN1CC(C)OC(C)(C)C1. The molecule has 1 aliphatic rings. The van der Waals surface area contributed by atoms with E-state index in [9.17, 15) is 4.79 Å². The zero-order valence-electron chi connectivity index (χ0n) is 10.8. The number of carbonyl (C=O) groups excluding carboxylic acids is 1. The van der Waals surface area contributed by atoms with E-state index in [4.69, 9.17) is 9.47 Å². The van der Waals surface area contributed by atoms with Gasteiger partial charge in [-0.1, -0.05) is 0 Å². The second-order valence-corrected chi connectivity index (χ2v) is 4.98. The summed E-state index contributed by atoms with van der Waals surface area (Å²) in [6.45, 7) is 11.1. The van der Waals surface area contributed by atoms with Crippen LogP contribution in [0.15, 0.2) is 0 Å². The van der Waals surface area contributed by atoms with Crippen LogP contribution in [-0.4, -0.2) is 48.8 Å². The smallest absolute Gasteiger partial charge is 0.307 e. The Kier molecular flexibility index (Phi) is 4.74. The molecule has 1 unspecified atom stereocenters. The van der Waals surface area contributed by atoms with Crippen molar-refractivity contribution in [2.24, 2.45) is 0 Å². The first kappa shape index (κ1) is 13.5. The van der Waals surface area contributed by atoms with E-state index >= 15 is 0 Å². The molecule has 0 radical (unpaired) electrons. The molecule has 16 heavy (non-hydrogen) atoms. The van der Waals surface area contributed by atoms with Gasteiger partial charge in [0.05, 0.1) is 24.7 Å². The summed E-state index contributed by atoms with van der Waals surface area (Å²) in [4.78, 5) is 13.5. The molecule has 0 spiro atoms. The van der Waals surface area contributed by atoms with Crippen molar-refractivity contribution >= 4 is 5.97 Å². The molecule has 0 aromatic rings. The largest absolute Gasteiger partial charge is 0.466 e. The van der Waals surface area contributed by atoms with Crippen molar-refractivity contribution in [3.8, 4) is 0 Å². The lowest BCUT2D eigenvalue weighted by Crippen LogP contribution is -2.52. The highest BCUT2D eigenvalue weighted by molar-refractivity contribution is 5.69. The summed E-state index contributed by atoms with van der Waals surface area (Å²) in [6.07, 6.45) is 0.697. The van der Waals surface area contributed by atoms with E-state index in [1.165, 1.54) is 0 Å². The zero-order chi connectivity index (χ0) is 12.2. The monoisotopic (exact) mass is 229 g/mol. The van der Waals surface area contributed by atoms with Crippen LogP contribution in [0.4, 0.5) is 0 Å². The second kappa shape index (κ2) is 5.64. The van der Waals surface area contributed by atoms with Gasteiger partial charge in [0.15, 0.2) is 0 Å². The third-order valence-corrected chi connectivity index (χ3v) is 2.58. The van der Waals surface area contributed by atoms with Gasteiger partial charge in [0, 0.05) is 19.6 Å². The Morgan fingerprint density at radius 3 is 2.81 bits per heavy atom. The number of hydrogen-bond donors (Lipinski definition) is 0.